The molecule has 1 aliphatic carbocycles. The molecule has 3 aromatic rings. The fourth-order valence-electron chi connectivity index (χ4n) is 4.38. The lowest BCUT2D eigenvalue weighted by atomic mass is 9.69. The van der Waals surface area contributed by atoms with E-state index < -0.39 is 5.41 Å². The van der Waals surface area contributed by atoms with Crippen molar-refractivity contribution in [3.05, 3.63) is 82.0 Å². The Bertz CT molecular complexity index is 1030. The van der Waals surface area contributed by atoms with Crippen molar-refractivity contribution in [1.29, 1.82) is 0 Å². The van der Waals surface area contributed by atoms with E-state index in [0.717, 1.165) is 38.7 Å². The van der Waals surface area contributed by atoms with Gasteiger partial charge in [0, 0.05) is 27.8 Å². The van der Waals surface area contributed by atoms with Crippen molar-refractivity contribution in [2.24, 2.45) is 0 Å². The number of hydrogen-bond donors (Lipinski definition) is 0. The van der Waals surface area contributed by atoms with Gasteiger partial charge in [-0.3, -0.25) is 4.79 Å². The molecule has 0 bridgehead atoms. The Balaban J connectivity index is 1.79. The second kappa shape index (κ2) is 5.85. The van der Waals surface area contributed by atoms with Gasteiger partial charge in [0.15, 0.2) is 0 Å². The van der Waals surface area contributed by atoms with Gasteiger partial charge in [-0.15, -0.1) is 0 Å². The average Bonchev–Trinajstić information content (AvgIpc) is 3.16. The van der Waals surface area contributed by atoms with Crippen LogP contribution in [0.4, 0.5) is 0 Å². The van der Waals surface area contributed by atoms with E-state index in [4.69, 9.17) is 9.15 Å². The zero-order chi connectivity index (χ0) is 17.7. The minimum Gasteiger partial charge on any atom is -0.465 e. The molecule has 1 saturated heterocycles. The third kappa shape index (κ3) is 2.15. The van der Waals surface area contributed by atoms with E-state index in [9.17, 15) is 4.79 Å². The summed E-state index contributed by atoms with van der Waals surface area (Å²) < 4.78 is 12.8. The zero-order valence-corrected chi connectivity index (χ0v) is 15.7. The molecule has 26 heavy (non-hydrogen) atoms. The van der Waals surface area contributed by atoms with Crippen LogP contribution < -0.4 is 0 Å². The molecule has 2 heterocycles. The second-order valence-corrected chi connectivity index (χ2v) is 7.84. The van der Waals surface area contributed by atoms with Gasteiger partial charge < -0.3 is 9.15 Å². The molecule has 130 valence electrons. The van der Waals surface area contributed by atoms with Crippen LogP contribution in [0.2, 0.25) is 0 Å². The van der Waals surface area contributed by atoms with Gasteiger partial charge in [0.2, 0.25) is 0 Å². The van der Waals surface area contributed by atoms with Crippen LogP contribution in [0.3, 0.4) is 0 Å². The number of benzene rings is 2. The topological polar surface area (TPSA) is 39.4 Å². The number of fused-ring (bicyclic) bond motifs is 4. The number of carbonyl (C=O) groups excluding carboxylic acids is 1. The Kier molecular flexibility index (Phi) is 3.57. The second-order valence-electron chi connectivity index (χ2n) is 6.92. The van der Waals surface area contributed by atoms with Crippen LogP contribution in [-0.4, -0.2) is 12.6 Å². The minimum atomic E-state index is -0.796. The molecule has 5 rings (SSSR count). The van der Waals surface area contributed by atoms with Crippen molar-refractivity contribution in [3.8, 4) is 0 Å². The molecule has 1 fully saturated rings. The van der Waals surface area contributed by atoms with Crippen LogP contribution in [0.15, 0.2) is 69.6 Å². The van der Waals surface area contributed by atoms with Gasteiger partial charge in [0.05, 0.1) is 6.61 Å². The fraction of sp³-hybridized carbons (Fsp3) is 0.227. The van der Waals surface area contributed by atoms with Crippen molar-refractivity contribution >= 4 is 32.9 Å². The van der Waals surface area contributed by atoms with Gasteiger partial charge in [0.25, 0.3) is 0 Å². The lowest BCUT2D eigenvalue weighted by Crippen LogP contribution is -2.37. The summed E-state index contributed by atoms with van der Waals surface area (Å²) in [5.41, 5.74) is 2.24. The number of esters is 1. The normalized spacial score (nSPS) is 24.7. The predicted octanol–water partition coefficient (Wildman–Crippen LogP) is 5.28. The van der Waals surface area contributed by atoms with Crippen LogP contribution in [0.1, 0.15) is 29.2 Å². The Morgan fingerprint density at radius 2 is 1.88 bits per heavy atom. The van der Waals surface area contributed by atoms with Crippen LogP contribution in [-0.2, 0) is 21.4 Å². The molecule has 4 heteroatoms. The SMILES string of the molecule is O=C1OCC[C@@]12c1oc3ccccc3c1CC=C[C@@H]2c1ccc(Br)cc1. The number of allylic oxidation sites excluding steroid dienone is 2. The first-order valence-corrected chi connectivity index (χ1v) is 9.60. The number of rotatable bonds is 1. The molecule has 0 amide bonds. The van der Waals surface area contributed by atoms with Gasteiger partial charge >= 0.3 is 5.97 Å². The highest BCUT2D eigenvalue weighted by molar-refractivity contribution is 9.10. The van der Waals surface area contributed by atoms with E-state index in [1.807, 2.05) is 30.3 Å². The Morgan fingerprint density at radius 3 is 2.65 bits per heavy atom. The monoisotopic (exact) mass is 408 g/mol. The maximum absolute atomic E-state index is 13.1. The van der Waals surface area contributed by atoms with Crippen molar-refractivity contribution in [2.75, 3.05) is 6.61 Å². The third-order valence-electron chi connectivity index (χ3n) is 5.61. The lowest BCUT2D eigenvalue weighted by Gasteiger charge is -2.30. The fourth-order valence-corrected chi connectivity index (χ4v) is 4.64. The molecule has 2 atom stereocenters. The molecular formula is C22H17BrO3. The van der Waals surface area contributed by atoms with Gasteiger partial charge in [-0.2, -0.15) is 0 Å². The molecule has 2 aliphatic rings. The van der Waals surface area contributed by atoms with Crippen LogP contribution in [0, 0.1) is 0 Å². The molecule has 1 spiro atoms. The van der Waals surface area contributed by atoms with Gasteiger partial charge in [0.1, 0.15) is 16.8 Å². The van der Waals surface area contributed by atoms with Crippen molar-refractivity contribution in [3.63, 3.8) is 0 Å². The maximum atomic E-state index is 13.1. The number of halogens is 1. The molecule has 3 nitrogen and oxygen atoms in total. The number of cyclic esters (lactones) is 1. The minimum absolute atomic E-state index is 0.104. The smallest absolute Gasteiger partial charge is 0.320 e. The van der Waals surface area contributed by atoms with Gasteiger partial charge in [-0.1, -0.05) is 58.4 Å². The summed E-state index contributed by atoms with van der Waals surface area (Å²) in [5, 5.41) is 1.09. The first kappa shape index (κ1) is 15.9. The molecular weight excluding hydrogens is 392 g/mol. The summed E-state index contributed by atoms with van der Waals surface area (Å²) >= 11 is 3.49. The summed E-state index contributed by atoms with van der Waals surface area (Å²) in [5.74, 6) is 0.490. The molecule has 0 N–H and O–H groups in total. The summed E-state index contributed by atoms with van der Waals surface area (Å²) in [7, 11) is 0. The molecule has 0 saturated carbocycles. The Hall–Kier alpha value is -2.33. The number of carbonyl (C=O) groups is 1. The van der Waals surface area contributed by atoms with E-state index in [-0.39, 0.29) is 11.9 Å². The van der Waals surface area contributed by atoms with Crippen molar-refractivity contribution < 1.29 is 13.9 Å². The highest BCUT2D eigenvalue weighted by Gasteiger charge is 2.55. The van der Waals surface area contributed by atoms with Crippen LogP contribution in [0.5, 0.6) is 0 Å². The standard InChI is InChI=1S/C22H17BrO3/c23-15-10-8-14(9-11-15)18-6-3-5-17-16-4-1-2-7-19(16)26-20(17)22(18)12-13-25-21(22)24/h1-4,6-11,18H,5,12-13H2/t18-,22-/m1/s1. The highest BCUT2D eigenvalue weighted by Crippen LogP contribution is 2.51. The van der Waals surface area contributed by atoms with Crippen LogP contribution in [0.25, 0.3) is 11.0 Å². The first-order valence-electron chi connectivity index (χ1n) is 8.80. The van der Waals surface area contributed by atoms with Gasteiger partial charge in [-0.25, -0.2) is 0 Å². The maximum Gasteiger partial charge on any atom is 0.320 e. The summed E-state index contributed by atoms with van der Waals surface area (Å²) in [6, 6.07) is 16.2. The summed E-state index contributed by atoms with van der Waals surface area (Å²) in [6.07, 6.45) is 5.70. The molecule has 2 aromatic carbocycles. The molecule has 1 aromatic heterocycles. The van der Waals surface area contributed by atoms with Crippen molar-refractivity contribution in [1.82, 2.24) is 0 Å². The quantitative estimate of drug-likeness (QED) is 0.406. The highest BCUT2D eigenvalue weighted by atomic mass is 79.9. The Labute approximate surface area is 159 Å². The van der Waals surface area contributed by atoms with E-state index in [0.29, 0.717) is 13.0 Å². The van der Waals surface area contributed by atoms with E-state index >= 15 is 0 Å². The Morgan fingerprint density at radius 1 is 1.08 bits per heavy atom. The lowest BCUT2D eigenvalue weighted by molar-refractivity contribution is -0.143. The van der Waals surface area contributed by atoms with E-state index in [1.165, 1.54) is 0 Å². The third-order valence-corrected chi connectivity index (χ3v) is 6.14. The van der Waals surface area contributed by atoms with Crippen molar-refractivity contribution in [2.45, 2.75) is 24.2 Å². The largest absolute Gasteiger partial charge is 0.465 e. The zero-order valence-electron chi connectivity index (χ0n) is 14.1. The molecule has 0 radical (unpaired) electrons. The number of hydrogen-bond acceptors (Lipinski definition) is 3. The van der Waals surface area contributed by atoms with Gasteiger partial charge in [-0.05, 0) is 30.2 Å². The number of para-hydroxylation sites is 1. The van der Waals surface area contributed by atoms with E-state index in [2.05, 4.69) is 46.3 Å². The molecule has 1 aliphatic heterocycles. The van der Waals surface area contributed by atoms with Crippen LogP contribution >= 0.6 is 15.9 Å². The average molecular weight is 409 g/mol. The molecule has 0 unspecified atom stereocenters. The summed E-state index contributed by atoms with van der Waals surface area (Å²) in [4.78, 5) is 13.1. The van der Waals surface area contributed by atoms with E-state index in [1.54, 1.807) is 0 Å². The predicted molar refractivity (Wildman–Crippen MR) is 103 cm³/mol. The number of furan rings is 1. The first-order chi connectivity index (χ1) is 12.7. The summed E-state index contributed by atoms with van der Waals surface area (Å²) in [6.45, 7) is 0.427. The number of ether oxygens (including phenoxy) is 1.